The minimum Gasteiger partial charge on any atom is -0.487 e. The Morgan fingerprint density at radius 3 is 2.80 bits per heavy atom. The summed E-state index contributed by atoms with van der Waals surface area (Å²) in [4.78, 5) is 16.8. The second kappa shape index (κ2) is 4.46. The number of ether oxygens (including phenoxy) is 2. The molecule has 0 N–H and O–H groups in total. The molecule has 0 radical (unpaired) electrons. The lowest BCUT2D eigenvalue weighted by atomic mass is 10.1. The van der Waals surface area contributed by atoms with Gasteiger partial charge >= 0.3 is 0 Å². The number of likely N-dealkylation sites (tertiary alicyclic amines) is 1. The third-order valence-corrected chi connectivity index (χ3v) is 4.53. The van der Waals surface area contributed by atoms with E-state index in [4.69, 9.17) is 9.47 Å². The van der Waals surface area contributed by atoms with Crippen LogP contribution in [-0.2, 0) is 9.53 Å². The molecule has 4 rings (SSSR count). The van der Waals surface area contributed by atoms with Crippen LogP contribution in [-0.4, -0.2) is 55.8 Å². The summed E-state index contributed by atoms with van der Waals surface area (Å²) in [7, 11) is 1.83. The van der Waals surface area contributed by atoms with Crippen LogP contribution in [0.15, 0.2) is 24.3 Å². The lowest BCUT2D eigenvalue weighted by Gasteiger charge is -2.38. The van der Waals surface area contributed by atoms with Crippen LogP contribution in [0.25, 0.3) is 0 Å². The van der Waals surface area contributed by atoms with Crippen LogP contribution in [0.3, 0.4) is 0 Å². The fraction of sp³-hybridized carbons (Fsp3) is 0.533. The summed E-state index contributed by atoms with van der Waals surface area (Å²) in [5, 5.41) is 0. The number of hydrogen-bond donors (Lipinski definition) is 0. The molecule has 2 fully saturated rings. The largest absolute Gasteiger partial charge is 0.487 e. The molecule has 0 aliphatic carbocycles. The van der Waals surface area contributed by atoms with Crippen molar-refractivity contribution in [3.63, 3.8) is 0 Å². The van der Waals surface area contributed by atoms with Gasteiger partial charge in [0.15, 0.2) is 0 Å². The third-order valence-electron chi connectivity index (χ3n) is 4.53. The maximum Gasteiger partial charge on any atom is 0.244 e. The summed E-state index contributed by atoms with van der Waals surface area (Å²) in [5.41, 5.74) is 0.860. The van der Waals surface area contributed by atoms with E-state index in [9.17, 15) is 4.79 Å². The second-order valence-electron chi connectivity index (χ2n) is 5.74. The van der Waals surface area contributed by atoms with E-state index >= 15 is 0 Å². The molecule has 1 aromatic carbocycles. The van der Waals surface area contributed by atoms with Gasteiger partial charge in [-0.05, 0) is 12.1 Å². The lowest BCUT2D eigenvalue weighted by Crippen LogP contribution is -2.55. The number of likely N-dealkylation sites (N-methyl/N-ethyl adjacent to an activating group) is 1. The van der Waals surface area contributed by atoms with Crippen molar-refractivity contribution in [2.75, 3.05) is 31.7 Å². The van der Waals surface area contributed by atoms with Gasteiger partial charge in [0.25, 0.3) is 0 Å². The Morgan fingerprint density at radius 1 is 1.25 bits per heavy atom. The molecule has 3 heterocycles. The van der Waals surface area contributed by atoms with E-state index in [-0.39, 0.29) is 18.1 Å². The topological polar surface area (TPSA) is 42.0 Å². The van der Waals surface area contributed by atoms with Crippen molar-refractivity contribution in [3.05, 3.63) is 24.3 Å². The number of hydrogen-bond acceptors (Lipinski definition) is 4. The molecule has 2 bridgehead atoms. The number of amides is 1. The molecule has 1 amide bonds. The normalized spacial score (nSPS) is 30.2. The number of anilines is 1. The number of fused-ring (bicyclic) bond motifs is 3. The summed E-state index contributed by atoms with van der Waals surface area (Å²) >= 11 is 0. The van der Waals surface area contributed by atoms with Gasteiger partial charge in [-0.1, -0.05) is 12.1 Å². The molecule has 2 atom stereocenters. The van der Waals surface area contributed by atoms with E-state index < -0.39 is 0 Å². The minimum atomic E-state index is -0.0766. The van der Waals surface area contributed by atoms with Crippen LogP contribution in [0, 0.1) is 0 Å². The Hall–Kier alpha value is -1.59. The molecule has 0 unspecified atom stereocenters. The maximum atomic E-state index is 12.8. The average molecular weight is 274 g/mol. The number of carbonyl (C=O) groups is 1. The van der Waals surface area contributed by atoms with Gasteiger partial charge in [-0.15, -0.1) is 0 Å². The second-order valence-corrected chi connectivity index (χ2v) is 5.74. The van der Waals surface area contributed by atoms with E-state index in [1.807, 2.05) is 31.3 Å². The van der Waals surface area contributed by atoms with Gasteiger partial charge in [0, 0.05) is 20.0 Å². The number of rotatable bonds is 1. The predicted octanol–water partition coefficient (Wildman–Crippen LogP) is 0.884. The van der Waals surface area contributed by atoms with E-state index in [0.717, 1.165) is 37.6 Å². The molecule has 2 saturated heterocycles. The molecule has 3 aliphatic heterocycles. The highest BCUT2D eigenvalue weighted by Gasteiger charge is 2.46. The first-order valence-corrected chi connectivity index (χ1v) is 7.11. The summed E-state index contributed by atoms with van der Waals surface area (Å²) in [6, 6.07) is 8.05. The average Bonchev–Trinajstić information content (AvgIpc) is 2.79. The number of para-hydroxylation sites is 2. The van der Waals surface area contributed by atoms with Crippen LogP contribution in [0.1, 0.15) is 6.42 Å². The van der Waals surface area contributed by atoms with Crippen molar-refractivity contribution >= 4 is 11.6 Å². The minimum absolute atomic E-state index is 0.0766. The van der Waals surface area contributed by atoms with Crippen molar-refractivity contribution in [2.24, 2.45) is 0 Å². The first kappa shape index (κ1) is 12.2. The fourth-order valence-corrected chi connectivity index (χ4v) is 3.32. The summed E-state index contributed by atoms with van der Waals surface area (Å²) in [5.74, 6) is 0.966. The summed E-state index contributed by atoms with van der Waals surface area (Å²) in [6.45, 7) is 2.27. The Kier molecular flexibility index (Phi) is 2.72. The molecule has 5 heteroatoms. The van der Waals surface area contributed by atoms with Crippen molar-refractivity contribution in [2.45, 2.75) is 24.6 Å². The van der Waals surface area contributed by atoms with Crippen molar-refractivity contribution in [1.29, 1.82) is 0 Å². The lowest BCUT2D eigenvalue weighted by molar-refractivity contribution is -0.128. The molecule has 106 valence electrons. The van der Waals surface area contributed by atoms with Gasteiger partial charge in [0.05, 0.1) is 31.0 Å². The molecule has 5 nitrogen and oxygen atoms in total. The first-order chi connectivity index (χ1) is 9.74. The molecule has 0 spiro atoms. The summed E-state index contributed by atoms with van der Waals surface area (Å²) < 4.78 is 11.4. The first-order valence-electron chi connectivity index (χ1n) is 7.11. The van der Waals surface area contributed by atoms with Crippen LogP contribution in [0.5, 0.6) is 5.75 Å². The zero-order valence-electron chi connectivity index (χ0n) is 11.5. The molecule has 20 heavy (non-hydrogen) atoms. The van der Waals surface area contributed by atoms with Crippen LogP contribution >= 0.6 is 0 Å². The van der Waals surface area contributed by atoms with E-state index in [1.54, 1.807) is 4.90 Å². The van der Waals surface area contributed by atoms with Crippen molar-refractivity contribution in [3.8, 4) is 5.75 Å². The Labute approximate surface area is 118 Å². The van der Waals surface area contributed by atoms with E-state index in [0.29, 0.717) is 6.04 Å². The standard InChI is InChI=1S/C15H18N2O3/c1-16-12-4-2-3-5-14(12)20-11-6-13(15(16)18)17(7-11)10-8-19-9-10/h2-5,10-11,13H,6-9H2,1H3/t11-,13-/m0/s1. The van der Waals surface area contributed by atoms with Crippen LogP contribution < -0.4 is 9.64 Å². The molecule has 3 aliphatic rings. The molecule has 1 aromatic rings. The smallest absolute Gasteiger partial charge is 0.244 e. The highest BCUT2D eigenvalue weighted by molar-refractivity contribution is 5.98. The highest BCUT2D eigenvalue weighted by atomic mass is 16.5. The quantitative estimate of drug-likeness (QED) is 0.762. The molecule has 0 saturated carbocycles. The van der Waals surface area contributed by atoms with Gasteiger partial charge in [-0.25, -0.2) is 0 Å². The maximum absolute atomic E-state index is 12.8. The Bertz CT molecular complexity index is 544. The van der Waals surface area contributed by atoms with Crippen LogP contribution in [0.4, 0.5) is 5.69 Å². The molecular weight excluding hydrogens is 256 g/mol. The van der Waals surface area contributed by atoms with Crippen molar-refractivity contribution in [1.82, 2.24) is 4.90 Å². The fourth-order valence-electron chi connectivity index (χ4n) is 3.32. The van der Waals surface area contributed by atoms with Gasteiger partial charge in [-0.2, -0.15) is 0 Å². The number of carbonyl (C=O) groups excluding carboxylic acids is 1. The van der Waals surface area contributed by atoms with E-state index in [1.165, 1.54) is 0 Å². The summed E-state index contributed by atoms with van der Waals surface area (Å²) in [6.07, 6.45) is 0.868. The zero-order valence-corrected chi connectivity index (χ0v) is 11.5. The SMILES string of the molecule is CN1C(=O)[C@@H]2C[C@@H](CN2C2COC2)Oc2ccccc21. The van der Waals surface area contributed by atoms with Crippen LogP contribution in [0.2, 0.25) is 0 Å². The van der Waals surface area contributed by atoms with Gasteiger partial charge < -0.3 is 14.4 Å². The van der Waals surface area contributed by atoms with Gasteiger partial charge in [-0.3, -0.25) is 9.69 Å². The van der Waals surface area contributed by atoms with Gasteiger partial charge in [0.1, 0.15) is 11.9 Å². The third kappa shape index (κ3) is 1.73. The van der Waals surface area contributed by atoms with Crippen molar-refractivity contribution < 1.29 is 14.3 Å². The number of benzene rings is 1. The Balaban J connectivity index is 1.70. The highest BCUT2D eigenvalue weighted by Crippen LogP contribution is 2.36. The Morgan fingerprint density at radius 2 is 2.05 bits per heavy atom. The molecular formula is C15H18N2O3. The molecule has 0 aromatic heterocycles. The van der Waals surface area contributed by atoms with E-state index in [2.05, 4.69) is 4.90 Å². The monoisotopic (exact) mass is 274 g/mol. The zero-order chi connectivity index (χ0) is 13.7. The van der Waals surface area contributed by atoms with Gasteiger partial charge in [0.2, 0.25) is 5.91 Å². The number of nitrogens with zero attached hydrogens (tertiary/aromatic N) is 2. The predicted molar refractivity (Wildman–Crippen MR) is 74.0 cm³/mol.